The molecule has 96 valence electrons. The number of hydrogen-bond donors (Lipinski definition) is 1. The number of pyridine rings is 1. The van der Waals surface area contributed by atoms with Gasteiger partial charge in [-0.25, -0.2) is 4.79 Å². The topological polar surface area (TPSA) is 79.6 Å². The van der Waals surface area contributed by atoms with E-state index in [0.717, 1.165) is 0 Å². The molecule has 1 atom stereocenters. The molecule has 1 N–H and O–H groups in total. The highest BCUT2D eigenvalue weighted by Gasteiger charge is 2.34. The zero-order valence-corrected chi connectivity index (χ0v) is 10.00. The van der Waals surface area contributed by atoms with E-state index in [0.29, 0.717) is 24.9 Å². The molecule has 2 rings (SSSR count). The Hall–Kier alpha value is -2.11. The lowest BCUT2D eigenvalue weighted by atomic mass is 10.2. The minimum Gasteiger partial charge on any atom is -0.480 e. The lowest BCUT2D eigenvalue weighted by Gasteiger charge is -2.21. The first kappa shape index (κ1) is 12.3. The SMILES string of the molecule is Cn1cc(C(=O)N2CCC[C@H]2C(=O)O)ccc1=O. The number of amides is 1. The fraction of sp³-hybridized carbons (Fsp3) is 0.417. The number of carbonyl (C=O) groups is 2. The zero-order chi connectivity index (χ0) is 13.3. The first-order valence-electron chi connectivity index (χ1n) is 5.71. The van der Waals surface area contributed by atoms with Crippen molar-refractivity contribution in [1.82, 2.24) is 9.47 Å². The average molecular weight is 250 g/mol. The van der Waals surface area contributed by atoms with Crippen molar-refractivity contribution in [1.29, 1.82) is 0 Å². The third-order valence-corrected chi connectivity index (χ3v) is 3.13. The van der Waals surface area contributed by atoms with Crippen molar-refractivity contribution in [3.63, 3.8) is 0 Å². The molecule has 0 aliphatic carbocycles. The summed E-state index contributed by atoms with van der Waals surface area (Å²) in [6.07, 6.45) is 2.60. The second-order valence-electron chi connectivity index (χ2n) is 4.36. The van der Waals surface area contributed by atoms with Gasteiger partial charge in [-0.3, -0.25) is 9.59 Å². The number of carboxylic acid groups (broad SMARTS) is 1. The lowest BCUT2D eigenvalue weighted by molar-refractivity contribution is -0.141. The first-order chi connectivity index (χ1) is 8.50. The normalized spacial score (nSPS) is 18.9. The molecule has 0 aromatic carbocycles. The van der Waals surface area contributed by atoms with Gasteiger partial charge in [0.05, 0.1) is 5.56 Å². The number of aromatic nitrogens is 1. The van der Waals surface area contributed by atoms with Crippen LogP contribution in [0.3, 0.4) is 0 Å². The number of nitrogens with zero attached hydrogens (tertiary/aromatic N) is 2. The number of aryl methyl sites for hydroxylation is 1. The van der Waals surface area contributed by atoms with Crippen molar-refractivity contribution in [3.05, 3.63) is 34.2 Å². The van der Waals surface area contributed by atoms with Gasteiger partial charge in [-0.15, -0.1) is 0 Å². The van der Waals surface area contributed by atoms with Crippen LogP contribution in [0.15, 0.2) is 23.1 Å². The largest absolute Gasteiger partial charge is 0.480 e. The summed E-state index contributed by atoms with van der Waals surface area (Å²) in [5, 5.41) is 9.03. The Kier molecular flexibility index (Phi) is 3.18. The molecule has 0 bridgehead atoms. The van der Waals surface area contributed by atoms with E-state index in [1.165, 1.54) is 27.8 Å². The standard InChI is InChI=1S/C12H14N2O4/c1-13-7-8(4-5-10(13)15)11(16)14-6-2-3-9(14)12(17)18/h4-5,7,9H,2-3,6H2,1H3,(H,17,18)/t9-/m0/s1. The minimum atomic E-state index is -0.981. The van der Waals surface area contributed by atoms with E-state index >= 15 is 0 Å². The Morgan fingerprint density at radius 2 is 2.11 bits per heavy atom. The van der Waals surface area contributed by atoms with Gasteiger partial charge < -0.3 is 14.6 Å². The Balaban J connectivity index is 2.28. The molecule has 0 radical (unpaired) electrons. The highest BCUT2D eigenvalue weighted by Crippen LogP contribution is 2.19. The summed E-state index contributed by atoms with van der Waals surface area (Å²) < 4.78 is 1.30. The molecule has 0 spiro atoms. The summed E-state index contributed by atoms with van der Waals surface area (Å²) in [6.45, 7) is 0.443. The maximum Gasteiger partial charge on any atom is 0.326 e. The molecule has 1 fully saturated rings. The Labute approximate surface area is 103 Å². The van der Waals surface area contributed by atoms with Crippen LogP contribution >= 0.6 is 0 Å². The molecular formula is C12H14N2O4. The number of rotatable bonds is 2. The molecule has 1 saturated heterocycles. The van der Waals surface area contributed by atoms with Gasteiger partial charge in [0.1, 0.15) is 6.04 Å². The van der Waals surface area contributed by atoms with E-state index in [4.69, 9.17) is 5.11 Å². The van der Waals surface area contributed by atoms with E-state index in [-0.39, 0.29) is 11.5 Å². The number of aliphatic carboxylic acids is 1. The van der Waals surface area contributed by atoms with Crippen LogP contribution in [0.25, 0.3) is 0 Å². The van der Waals surface area contributed by atoms with Crippen molar-refractivity contribution < 1.29 is 14.7 Å². The number of hydrogen-bond acceptors (Lipinski definition) is 3. The van der Waals surface area contributed by atoms with Crippen molar-refractivity contribution in [2.24, 2.45) is 7.05 Å². The maximum atomic E-state index is 12.2. The van der Waals surface area contributed by atoms with Crippen LogP contribution in [0, 0.1) is 0 Å². The van der Waals surface area contributed by atoms with Crippen LogP contribution in [0.4, 0.5) is 0 Å². The van der Waals surface area contributed by atoms with Crippen LogP contribution in [0.1, 0.15) is 23.2 Å². The predicted molar refractivity (Wildman–Crippen MR) is 63.4 cm³/mol. The average Bonchev–Trinajstić information content (AvgIpc) is 2.81. The quantitative estimate of drug-likeness (QED) is 0.805. The summed E-state index contributed by atoms with van der Waals surface area (Å²) >= 11 is 0. The molecule has 1 aliphatic rings. The van der Waals surface area contributed by atoms with Gasteiger partial charge >= 0.3 is 5.97 Å². The molecule has 0 saturated carbocycles. The Bertz CT molecular complexity index is 549. The summed E-state index contributed by atoms with van der Waals surface area (Å²) in [7, 11) is 1.55. The minimum absolute atomic E-state index is 0.206. The second kappa shape index (κ2) is 4.64. The van der Waals surface area contributed by atoms with E-state index in [2.05, 4.69) is 0 Å². The zero-order valence-electron chi connectivity index (χ0n) is 10.00. The van der Waals surface area contributed by atoms with Crippen LogP contribution < -0.4 is 5.56 Å². The maximum absolute atomic E-state index is 12.2. The van der Waals surface area contributed by atoms with Crippen molar-refractivity contribution in [2.75, 3.05) is 6.54 Å². The van der Waals surface area contributed by atoms with Gasteiger partial charge in [0, 0.05) is 25.9 Å². The van der Waals surface area contributed by atoms with Gasteiger partial charge in [0.15, 0.2) is 0 Å². The van der Waals surface area contributed by atoms with Crippen molar-refractivity contribution >= 4 is 11.9 Å². The molecule has 1 aliphatic heterocycles. The Morgan fingerprint density at radius 3 is 2.72 bits per heavy atom. The Morgan fingerprint density at radius 1 is 1.39 bits per heavy atom. The summed E-state index contributed by atoms with van der Waals surface area (Å²) in [5.41, 5.74) is 0.132. The van der Waals surface area contributed by atoms with E-state index in [1.54, 1.807) is 7.05 Å². The predicted octanol–water partition coefficient (Wildman–Crippen LogP) is 0.0745. The molecular weight excluding hydrogens is 236 g/mol. The number of likely N-dealkylation sites (tertiary alicyclic amines) is 1. The number of carbonyl (C=O) groups excluding carboxylic acids is 1. The van der Waals surface area contributed by atoms with Crippen molar-refractivity contribution in [3.8, 4) is 0 Å². The van der Waals surface area contributed by atoms with E-state index in [1.807, 2.05) is 0 Å². The lowest BCUT2D eigenvalue weighted by Crippen LogP contribution is -2.40. The third-order valence-electron chi connectivity index (χ3n) is 3.13. The summed E-state index contributed by atoms with van der Waals surface area (Å²) in [6, 6.07) is 1.98. The fourth-order valence-corrected chi connectivity index (χ4v) is 2.15. The van der Waals surface area contributed by atoms with E-state index in [9.17, 15) is 14.4 Å². The molecule has 6 nitrogen and oxygen atoms in total. The molecule has 2 heterocycles. The fourth-order valence-electron chi connectivity index (χ4n) is 2.15. The molecule has 18 heavy (non-hydrogen) atoms. The van der Waals surface area contributed by atoms with Crippen molar-refractivity contribution in [2.45, 2.75) is 18.9 Å². The highest BCUT2D eigenvalue weighted by molar-refractivity contribution is 5.96. The monoisotopic (exact) mass is 250 g/mol. The van der Waals surface area contributed by atoms with Gasteiger partial charge in [0.2, 0.25) is 5.56 Å². The second-order valence-corrected chi connectivity index (χ2v) is 4.36. The molecule has 1 aromatic rings. The van der Waals surface area contributed by atoms with Crippen LogP contribution in [-0.4, -0.2) is 39.0 Å². The molecule has 1 amide bonds. The molecule has 6 heteroatoms. The smallest absolute Gasteiger partial charge is 0.326 e. The summed E-state index contributed by atoms with van der Waals surface area (Å²) in [5.74, 6) is -1.32. The third kappa shape index (κ3) is 2.13. The van der Waals surface area contributed by atoms with Crippen LogP contribution in [0.2, 0.25) is 0 Å². The van der Waals surface area contributed by atoms with Gasteiger partial charge in [0.25, 0.3) is 5.91 Å². The van der Waals surface area contributed by atoms with Gasteiger partial charge in [-0.2, -0.15) is 0 Å². The molecule has 0 unspecified atom stereocenters. The highest BCUT2D eigenvalue weighted by atomic mass is 16.4. The van der Waals surface area contributed by atoms with Gasteiger partial charge in [-0.05, 0) is 18.9 Å². The summed E-state index contributed by atoms with van der Waals surface area (Å²) in [4.78, 5) is 35.8. The van der Waals surface area contributed by atoms with Gasteiger partial charge in [-0.1, -0.05) is 0 Å². The van der Waals surface area contributed by atoms with E-state index < -0.39 is 12.0 Å². The van der Waals surface area contributed by atoms with Crippen LogP contribution in [0.5, 0.6) is 0 Å². The molecule has 1 aromatic heterocycles. The van der Waals surface area contributed by atoms with Crippen LogP contribution in [-0.2, 0) is 11.8 Å². The number of carboxylic acids is 1. The first-order valence-corrected chi connectivity index (χ1v) is 5.71.